The predicted octanol–water partition coefficient (Wildman–Crippen LogP) is 16.0. The number of unbranched alkanes of at least 4 members (excludes halogenated alkanes) is 15. The van der Waals surface area contributed by atoms with Gasteiger partial charge < -0.3 is 28.8 Å². The summed E-state index contributed by atoms with van der Waals surface area (Å²) in [5.41, 5.74) is 8.02. The van der Waals surface area contributed by atoms with Crippen molar-refractivity contribution < 1.29 is 33.6 Å². The maximum atomic E-state index is 12.3. The Hall–Kier alpha value is -3.23. The number of benzene rings is 3. The second-order valence-corrected chi connectivity index (χ2v) is 22.6. The molecule has 0 amide bonds. The predicted molar refractivity (Wildman–Crippen MR) is 283 cm³/mol. The summed E-state index contributed by atoms with van der Waals surface area (Å²) in [6.07, 6.45) is 24.7. The topological polar surface area (TPSA) is 83.5 Å². The van der Waals surface area contributed by atoms with E-state index in [0.29, 0.717) is 38.4 Å². The molecule has 0 radical (unpaired) electrons. The number of carbonyl (C=O) groups is 1. The van der Waals surface area contributed by atoms with Crippen LogP contribution in [0.1, 0.15) is 212 Å². The van der Waals surface area contributed by atoms with Gasteiger partial charge in [-0.2, -0.15) is 0 Å². The molecule has 3 aromatic carbocycles. The lowest BCUT2D eigenvalue weighted by Crippen LogP contribution is -2.45. The van der Waals surface area contributed by atoms with Crippen molar-refractivity contribution in [2.75, 3.05) is 46.2 Å². The van der Waals surface area contributed by atoms with Crippen LogP contribution in [0.5, 0.6) is 5.75 Å². The van der Waals surface area contributed by atoms with E-state index in [-0.39, 0.29) is 27.6 Å². The van der Waals surface area contributed by atoms with Crippen LogP contribution in [0.4, 0.5) is 0 Å². The lowest BCUT2D eigenvalue weighted by atomic mass is 9.78. The zero-order chi connectivity index (χ0) is 49.3. The largest absolute Gasteiger partial charge is 0.507 e. The molecule has 2 aliphatic rings. The Morgan fingerprint density at radius 1 is 0.544 bits per heavy atom. The third kappa shape index (κ3) is 20.2. The van der Waals surface area contributed by atoms with Crippen LogP contribution in [-0.2, 0) is 58.9 Å². The molecule has 5 rings (SSSR count). The first kappa shape index (κ1) is 57.3. The quantitative estimate of drug-likeness (QED) is 0.0508. The Balaban J connectivity index is 0.000000303. The lowest BCUT2D eigenvalue weighted by Gasteiger charge is -2.40. The lowest BCUT2D eigenvalue weighted by molar-refractivity contribution is -0.152. The second-order valence-electron chi connectivity index (χ2n) is 22.6. The van der Waals surface area contributed by atoms with Crippen molar-refractivity contribution in [3.05, 3.63) is 88.5 Å². The molecule has 0 atom stereocenters. The van der Waals surface area contributed by atoms with Gasteiger partial charge in [-0.1, -0.05) is 219 Å². The fourth-order valence-corrected chi connectivity index (χ4v) is 9.05. The molecule has 7 heteroatoms. The van der Waals surface area contributed by atoms with Crippen molar-refractivity contribution in [1.82, 2.24) is 0 Å². The summed E-state index contributed by atoms with van der Waals surface area (Å²) in [6, 6.07) is 21.5. The minimum atomic E-state index is -0.159. The number of aromatic hydroxyl groups is 1. The number of hydrogen-bond donors (Lipinski definition) is 1. The molecule has 0 aromatic heterocycles. The summed E-state index contributed by atoms with van der Waals surface area (Å²) in [7, 11) is 0. The maximum absolute atomic E-state index is 12.3. The van der Waals surface area contributed by atoms with E-state index in [1.165, 1.54) is 112 Å². The van der Waals surface area contributed by atoms with Crippen molar-refractivity contribution in [2.45, 2.75) is 215 Å². The monoisotopic (exact) mass is 941 g/mol. The van der Waals surface area contributed by atoms with Crippen LogP contribution < -0.4 is 0 Å². The third-order valence-corrected chi connectivity index (χ3v) is 14.4. The van der Waals surface area contributed by atoms with E-state index >= 15 is 0 Å². The van der Waals surface area contributed by atoms with Crippen LogP contribution in [0.2, 0.25) is 0 Å². The number of phenols is 1. The average molecular weight is 941 g/mol. The normalized spacial score (nSPS) is 15.2. The SMILES string of the molecule is CCC1(COCc2ccc(-c3ccc(COCC4(CC)COC4)cc3)cc2)COC1.CCCCCCCCCCCCCCCCCCOC(=O)CCc1cc(C(C)(C)C)c(O)c(C(C)(C)C)c1. The smallest absolute Gasteiger partial charge is 0.306 e. The van der Waals surface area contributed by atoms with Gasteiger partial charge in [0.15, 0.2) is 0 Å². The molecule has 3 aromatic rings. The number of carbonyl (C=O) groups excluding carboxylic acids is 1. The van der Waals surface area contributed by atoms with Crippen molar-refractivity contribution in [1.29, 1.82) is 0 Å². The Kier molecular flexibility index (Phi) is 25.2. The van der Waals surface area contributed by atoms with E-state index < -0.39 is 0 Å². The zero-order valence-corrected chi connectivity index (χ0v) is 44.7. The van der Waals surface area contributed by atoms with Gasteiger partial charge in [0.1, 0.15) is 5.75 Å². The Morgan fingerprint density at radius 2 is 0.912 bits per heavy atom. The van der Waals surface area contributed by atoms with E-state index in [0.717, 1.165) is 82.0 Å². The summed E-state index contributed by atoms with van der Waals surface area (Å²) in [4.78, 5) is 12.3. The first-order valence-corrected chi connectivity index (χ1v) is 27.1. The van der Waals surface area contributed by atoms with E-state index in [2.05, 4.69) is 123 Å². The van der Waals surface area contributed by atoms with Crippen LogP contribution in [0.3, 0.4) is 0 Å². The van der Waals surface area contributed by atoms with E-state index in [1.807, 2.05) is 0 Å². The molecule has 2 saturated heterocycles. The van der Waals surface area contributed by atoms with Crippen molar-refractivity contribution in [3.8, 4) is 16.9 Å². The molecule has 2 aliphatic heterocycles. The highest BCUT2D eigenvalue weighted by Gasteiger charge is 2.38. The highest BCUT2D eigenvalue weighted by atomic mass is 16.5. The van der Waals surface area contributed by atoms with Gasteiger partial charge in [-0.25, -0.2) is 0 Å². The third-order valence-electron chi connectivity index (χ3n) is 14.4. The second kappa shape index (κ2) is 29.8. The summed E-state index contributed by atoms with van der Waals surface area (Å²) < 4.78 is 28.2. The average Bonchev–Trinajstić information content (AvgIpc) is 3.28. The number of rotatable bonds is 31. The molecule has 382 valence electrons. The van der Waals surface area contributed by atoms with Gasteiger partial charge in [0.2, 0.25) is 0 Å². The molecule has 0 aliphatic carbocycles. The van der Waals surface area contributed by atoms with Crippen molar-refractivity contribution in [2.24, 2.45) is 10.8 Å². The number of aryl methyl sites for hydroxylation is 1. The van der Waals surface area contributed by atoms with Crippen LogP contribution >= 0.6 is 0 Å². The fourth-order valence-electron chi connectivity index (χ4n) is 9.05. The summed E-state index contributed by atoms with van der Waals surface area (Å²) in [6.45, 7) is 26.1. The van der Waals surface area contributed by atoms with Gasteiger partial charge in [-0.15, -0.1) is 0 Å². The molecule has 0 bridgehead atoms. The van der Waals surface area contributed by atoms with E-state index in [9.17, 15) is 9.90 Å². The Labute approximate surface area is 415 Å². The van der Waals surface area contributed by atoms with E-state index in [4.69, 9.17) is 23.7 Å². The van der Waals surface area contributed by atoms with Gasteiger partial charge >= 0.3 is 5.97 Å². The molecule has 2 fully saturated rings. The molecule has 1 N–H and O–H groups in total. The van der Waals surface area contributed by atoms with Crippen LogP contribution in [0, 0.1) is 10.8 Å². The first-order valence-electron chi connectivity index (χ1n) is 27.1. The van der Waals surface area contributed by atoms with Crippen LogP contribution in [0.15, 0.2) is 60.7 Å². The summed E-state index contributed by atoms with van der Waals surface area (Å²) >= 11 is 0. The van der Waals surface area contributed by atoms with Gasteiger partial charge in [0.25, 0.3) is 0 Å². The van der Waals surface area contributed by atoms with Crippen LogP contribution in [0.25, 0.3) is 11.1 Å². The van der Waals surface area contributed by atoms with Gasteiger partial charge in [0.05, 0.1) is 59.5 Å². The molecular weight excluding hydrogens is 845 g/mol. The molecule has 0 unspecified atom stereocenters. The fraction of sp³-hybridized carbons (Fsp3) is 0.689. The molecule has 68 heavy (non-hydrogen) atoms. The molecular formula is C61H96O7. The Bertz CT molecular complexity index is 1710. The van der Waals surface area contributed by atoms with Gasteiger partial charge in [0, 0.05) is 17.3 Å². The van der Waals surface area contributed by atoms with Crippen molar-refractivity contribution >= 4 is 5.97 Å². The molecule has 7 nitrogen and oxygen atoms in total. The minimum absolute atomic E-state index is 0.117. The standard InChI is InChI=1S/C35H62O3.C26H34O4/c1-8-9-10-11-12-13-14-15-16-17-18-19-20-21-22-23-26-38-32(36)25-24-29-27-30(34(2,3)4)33(37)31(28-29)35(5,6)7;1-3-25(17-29-18-25)15-27-13-21-5-9-23(10-6-21)24-11-7-22(8-12-24)14-28-16-26(4-2)19-30-20-26/h27-28,37H,8-26H2,1-7H3;5-12H,3-4,13-20H2,1-2H3. The maximum Gasteiger partial charge on any atom is 0.306 e. The first-order chi connectivity index (χ1) is 32.6. The highest BCUT2D eigenvalue weighted by Crippen LogP contribution is 2.40. The van der Waals surface area contributed by atoms with E-state index in [1.54, 1.807) is 0 Å². The number of phenolic OH excluding ortho intramolecular Hbond substituents is 1. The summed E-state index contributed by atoms with van der Waals surface area (Å²) in [5, 5.41) is 10.9. The molecule has 0 saturated carbocycles. The summed E-state index contributed by atoms with van der Waals surface area (Å²) in [5.74, 6) is 0.272. The number of esters is 1. The van der Waals surface area contributed by atoms with Crippen molar-refractivity contribution in [3.63, 3.8) is 0 Å². The van der Waals surface area contributed by atoms with Gasteiger partial charge in [-0.05, 0) is 75.5 Å². The van der Waals surface area contributed by atoms with Gasteiger partial charge in [-0.3, -0.25) is 4.79 Å². The zero-order valence-electron chi connectivity index (χ0n) is 44.7. The minimum Gasteiger partial charge on any atom is -0.507 e. The molecule has 2 heterocycles. The van der Waals surface area contributed by atoms with Crippen LogP contribution in [-0.4, -0.2) is 57.3 Å². The number of hydrogen-bond acceptors (Lipinski definition) is 7. The molecule has 0 spiro atoms. The Morgan fingerprint density at radius 3 is 1.24 bits per heavy atom. The number of ether oxygens (including phenoxy) is 5. The highest BCUT2D eigenvalue weighted by molar-refractivity contribution is 5.70.